The SMILES string of the molecule is CCOC(C)(CC)c1noc(CC2CCCCC2NC)n1. The first-order chi connectivity index (χ1) is 10.1. The number of ether oxygens (including phenoxy) is 1. The molecule has 120 valence electrons. The fourth-order valence-corrected chi connectivity index (χ4v) is 3.25. The highest BCUT2D eigenvalue weighted by Gasteiger charge is 2.32. The van der Waals surface area contributed by atoms with Crippen LogP contribution in [0.5, 0.6) is 0 Å². The molecule has 1 aromatic rings. The quantitative estimate of drug-likeness (QED) is 0.837. The van der Waals surface area contributed by atoms with Gasteiger partial charge in [0, 0.05) is 19.1 Å². The molecule has 1 aliphatic carbocycles. The summed E-state index contributed by atoms with van der Waals surface area (Å²) in [7, 11) is 2.05. The fourth-order valence-electron chi connectivity index (χ4n) is 3.25. The lowest BCUT2D eigenvalue weighted by molar-refractivity contribution is -0.0403. The number of nitrogens with one attached hydrogen (secondary N) is 1. The Morgan fingerprint density at radius 3 is 2.76 bits per heavy atom. The minimum Gasteiger partial charge on any atom is -0.367 e. The van der Waals surface area contributed by atoms with Crippen LogP contribution in [0.15, 0.2) is 4.52 Å². The minimum absolute atomic E-state index is 0.439. The molecule has 3 unspecified atom stereocenters. The number of hydrogen-bond acceptors (Lipinski definition) is 5. The summed E-state index contributed by atoms with van der Waals surface area (Å²) in [4.78, 5) is 4.60. The predicted molar refractivity (Wildman–Crippen MR) is 82.1 cm³/mol. The molecule has 0 amide bonds. The normalized spacial score (nSPS) is 25.7. The van der Waals surface area contributed by atoms with E-state index in [1.165, 1.54) is 25.7 Å². The van der Waals surface area contributed by atoms with Crippen molar-refractivity contribution in [1.82, 2.24) is 15.5 Å². The molecule has 5 nitrogen and oxygen atoms in total. The topological polar surface area (TPSA) is 60.2 Å². The summed E-state index contributed by atoms with van der Waals surface area (Å²) in [5.74, 6) is 2.02. The van der Waals surface area contributed by atoms with E-state index in [4.69, 9.17) is 9.26 Å². The summed E-state index contributed by atoms with van der Waals surface area (Å²) in [6.45, 7) is 6.76. The minimum atomic E-state index is -0.439. The van der Waals surface area contributed by atoms with Crippen molar-refractivity contribution >= 4 is 0 Å². The molecule has 1 aromatic heterocycles. The van der Waals surface area contributed by atoms with Gasteiger partial charge in [0.15, 0.2) is 0 Å². The molecule has 5 heteroatoms. The van der Waals surface area contributed by atoms with Crippen LogP contribution in [-0.2, 0) is 16.8 Å². The zero-order valence-electron chi connectivity index (χ0n) is 13.8. The summed E-state index contributed by atoms with van der Waals surface area (Å²) in [5.41, 5.74) is -0.439. The Labute approximate surface area is 127 Å². The molecule has 0 bridgehead atoms. The second-order valence-electron chi connectivity index (χ2n) is 6.17. The van der Waals surface area contributed by atoms with Gasteiger partial charge in [-0.2, -0.15) is 4.98 Å². The molecule has 0 spiro atoms. The van der Waals surface area contributed by atoms with Crippen LogP contribution in [0.3, 0.4) is 0 Å². The highest BCUT2D eigenvalue weighted by molar-refractivity contribution is 5.00. The number of hydrogen-bond donors (Lipinski definition) is 1. The van der Waals surface area contributed by atoms with Crippen molar-refractivity contribution in [3.8, 4) is 0 Å². The van der Waals surface area contributed by atoms with Crippen LogP contribution in [0.25, 0.3) is 0 Å². The Morgan fingerprint density at radius 2 is 2.10 bits per heavy atom. The van der Waals surface area contributed by atoms with Gasteiger partial charge in [0.2, 0.25) is 11.7 Å². The van der Waals surface area contributed by atoms with Crippen molar-refractivity contribution in [2.45, 2.75) is 70.9 Å². The van der Waals surface area contributed by atoms with Crippen LogP contribution in [0.1, 0.15) is 64.6 Å². The molecule has 1 fully saturated rings. The first-order valence-corrected chi connectivity index (χ1v) is 8.27. The van der Waals surface area contributed by atoms with Crippen molar-refractivity contribution in [2.75, 3.05) is 13.7 Å². The maximum atomic E-state index is 5.81. The average molecular weight is 295 g/mol. The van der Waals surface area contributed by atoms with E-state index in [1.54, 1.807) is 0 Å². The first kappa shape index (κ1) is 16.4. The van der Waals surface area contributed by atoms with Gasteiger partial charge in [-0.3, -0.25) is 0 Å². The second-order valence-corrected chi connectivity index (χ2v) is 6.17. The van der Waals surface area contributed by atoms with Crippen LogP contribution in [-0.4, -0.2) is 29.8 Å². The average Bonchev–Trinajstić information content (AvgIpc) is 2.97. The van der Waals surface area contributed by atoms with E-state index in [1.807, 2.05) is 20.9 Å². The highest BCUT2D eigenvalue weighted by Crippen LogP contribution is 2.29. The summed E-state index contributed by atoms with van der Waals surface area (Å²) < 4.78 is 11.3. The monoisotopic (exact) mass is 295 g/mol. The molecular weight excluding hydrogens is 266 g/mol. The Kier molecular flexibility index (Phi) is 5.76. The summed E-state index contributed by atoms with van der Waals surface area (Å²) in [6.07, 6.45) is 6.80. The smallest absolute Gasteiger partial charge is 0.227 e. The molecule has 21 heavy (non-hydrogen) atoms. The van der Waals surface area contributed by atoms with Gasteiger partial charge in [-0.15, -0.1) is 0 Å². The largest absolute Gasteiger partial charge is 0.367 e. The first-order valence-electron chi connectivity index (χ1n) is 8.27. The maximum Gasteiger partial charge on any atom is 0.227 e. The van der Waals surface area contributed by atoms with E-state index in [0.29, 0.717) is 24.4 Å². The third-order valence-corrected chi connectivity index (χ3v) is 4.80. The Bertz CT molecular complexity index is 435. The Morgan fingerprint density at radius 1 is 1.33 bits per heavy atom. The van der Waals surface area contributed by atoms with Gasteiger partial charge in [-0.1, -0.05) is 24.9 Å². The second kappa shape index (κ2) is 7.36. The zero-order valence-corrected chi connectivity index (χ0v) is 13.8. The van der Waals surface area contributed by atoms with Crippen molar-refractivity contribution in [1.29, 1.82) is 0 Å². The molecule has 1 aliphatic rings. The molecule has 0 saturated heterocycles. The summed E-state index contributed by atoms with van der Waals surface area (Å²) >= 11 is 0. The molecule has 0 aliphatic heterocycles. The molecule has 1 saturated carbocycles. The van der Waals surface area contributed by atoms with E-state index < -0.39 is 5.60 Å². The molecule has 0 radical (unpaired) electrons. The molecule has 1 N–H and O–H groups in total. The molecule has 0 aromatic carbocycles. The van der Waals surface area contributed by atoms with E-state index in [0.717, 1.165) is 18.7 Å². The van der Waals surface area contributed by atoms with Gasteiger partial charge in [-0.05, 0) is 46.1 Å². The van der Waals surface area contributed by atoms with Crippen molar-refractivity contribution in [3.63, 3.8) is 0 Å². The van der Waals surface area contributed by atoms with Gasteiger partial charge >= 0.3 is 0 Å². The van der Waals surface area contributed by atoms with Gasteiger partial charge in [0.05, 0.1) is 0 Å². The fraction of sp³-hybridized carbons (Fsp3) is 0.875. The number of rotatable bonds is 7. The lowest BCUT2D eigenvalue weighted by Gasteiger charge is -2.30. The third kappa shape index (κ3) is 3.83. The summed E-state index contributed by atoms with van der Waals surface area (Å²) in [5, 5.41) is 7.59. The highest BCUT2D eigenvalue weighted by atomic mass is 16.5. The zero-order chi connectivity index (χ0) is 15.3. The third-order valence-electron chi connectivity index (χ3n) is 4.80. The number of nitrogens with zero attached hydrogens (tertiary/aromatic N) is 2. The van der Waals surface area contributed by atoms with Crippen molar-refractivity contribution in [3.05, 3.63) is 11.7 Å². The molecule has 1 heterocycles. The Hall–Kier alpha value is -0.940. The van der Waals surface area contributed by atoms with Crippen LogP contribution in [0, 0.1) is 5.92 Å². The standard InChI is InChI=1S/C16H29N3O2/c1-5-16(3,20-6-2)15-18-14(21-19-15)11-12-9-7-8-10-13(12)17-4/h12-13,17H,5-11H2,1-4H3. The van der Waals surface area contributed by atoms with Gasteiger partial charge in [0.25, 0.3) is 0 Å². The van der Waals surface area contributed by atoms with Crippen LogP contribution < -0.4 is 5.32 Å². The molecule has 3 atom stereocenters. The van der Waals surface area contributed by atoms with Gasteiger partial charge in [0.1, 0.15) is 5.60 Å². The number of aromatic nitrogens is 2. The van der Waals surface area contributed by atoms with E-state index in [-0.39, 0.29) is 0 Å². The Balaban J connectivity index is 2.05. The van der Waals surface area contributed by atoms with Crippen LogP contribution in [0.2, 0.25) is 0 Å². The van der Waals surface area contributed by atoms with Crippen molar-refractivity contribution in [2.24, 2.45) is 5.92 Å². The van der Waals surface area contributed by atoms with Crippen LogP contribution >= 0.6 is 0 Å². The molecular formula is C16H29N3O2. The lowest BCUT2D eigenvalue weighted by Crippen LogP contribution is -2.37. The van der Waals surface area contributed by atoms with Crippen LogP contribution in [0.4, 0.5) is 0 Å². The van der Waals surface area contributed by atoms with E-state index >= 15 is 0 Å². The van der Waals surface area contributed by atoms with Crippen molar-refractivity contribution < 1.29 is 9.26 Å². The summed E-state index contributed by atoms with van der Waals surface area (Å²) in [6, 6.07) is 0.568. The molecule has 2 rings (SSSR count). The van der Waals surface area contributed by atoms with Gasteiger partial charge < -0.3 is 14.6 Å². The lowest BCUT2D eigenvalue weighted by atomic mass is 9.82. The predicted octanol–water partition coefficient (Wildman–Crippen LogP) is 3.05. The maximum absolute atomic E-state index is 5.81. The van der Waals surface area contributed by atoms with Gasteiger partial charge in [-0.25, -0.2) is 0 Å². The van der Waals surface area contributed by atoms with E-state index in [2.05, 4.69) is 22.4 Å². The van der Waals surface area contributed by atoms with E-state index in [9.17, 15) is 0 Å².